The molecule has 2 aromatic carbocycles. The molecule has 18 heteroatoms. The first-order chi connectivity index (χ1) is 19.4. The summed E-state index contributed by atoms with van der Waals surface area (Å²) in [5.41, 5.74) is 0.329. The van der Waals surface area contributed by atoms with E-state index in [0.717, 1.165) is 47.3 Å². The van der Waals surface area contributed by atoms with Crippen molar-refractivity contribution in [1.29, 1.82) is 0 Å². The normalized spacial score (nSPS) is 20.7. The van der Waals surface area contributed by atoms with E-state index in [1.165, 1.54) is 18.2 Å². The van der Waals surface area contributed by atoms with E-state index in [2.05, 4.69) is 15.2 Å². The largest absolute Gasteiger partial charge is 0.502 e. The molecule has 0 aliphatic carbocycles. The number of carbonyl (C=O) groups excluding carboxylic acids is 1. The Morgan fingerprint density at radius 2 is 1.85 bits per heavy atom. The van der Waals surface area contributed by atoms with Gasteiger partial charge in [-0.3, -0.25) is 29.3 Å². The van der Waals surface area contributed by atoms with E-state index < -0.39 is 74.6 Å². The molecule has 4 atom stereocenters. The molecule has 17 nitrogen and oxygen atoms in total. The number of carbonyl (C=O) groups is 1. The first kappa shape index (κ1) is 29.2. The highest BCUT2D eigenvalue weighted by atomic mass is 32.2. The molecule has 1 aromatic heterocycles. The predicted octanol–water partition coefficient (Wildman–Crippen LogP) is -1.49. The lowest BCUT2D eigenvalue weighted by Crippen LogP contribution is -2.40. The van der Waals surface area contributed by atoms with Crippen LogP contribution in [0.2, 0.25) is 0 Å². The predicted molar refractivity (Wildman–Crippen MR) is 139 cm³/mol. The van der Waals surface area contributed by atoms with Crippen molar-refractivity contribution in [2.75, 3.05) is 6.54 Å². The number of amides is 1. The Morgan fingerprint density at radius 3 is 2.51 bits per heavy atom. The first-order valence-corrected chi connectivity index (χ1v) is 13.1. The van der Waals surface area contributed by atoms with Gasteiger partial charge < -0.3 is 20.1 Å². The molecule has 1 aliphatic rings. The van der Waals surface area contributed by atoms with Crippen LogP contribution in [-0.4, -0.2) is 75.2 Å². The van der Waals surface area contributed by atoms with Crippen molar-refractivity contribution < 1.29 is 38.2 Å². The van der Waals surface area contributed by atoms with Gasteiger partial charge in [-0.15, -0.1) is 0 Å². The summed E-state index contributed by atoms with van der Waals surface area (Å²) in [6.45, 7) is -0.485. The van der Waals surface area contributed by atoms with Crippen LogP contribution in [0.25, 0.3) is 0 Å². The molecule has 41 heavy (non-hydrogen) atoms. The van der Waals surface area contributed by atoms with E-state index in [4.69, 9.17) is 4.74 Å². The SMILES string of the molecule is O=C(N/N=C/c1ccc(O)c([N+](=O)[O-])c1)c1ccc(S(=O)(=O)NC[C@H]2O[C@@H](n3ccc(=O)[nH]c3=O)[C@H](O)[C@@H]2O)cc1. The summed E-state index contributed by atoms with van der Waals surface area (Å²) in [6, 6.07) is 9.17. The number of hydrogen-bond acceptors (Lipinski definition) is 12. The molecule has 1 saturated heterocycles. The number of nitro benzene ring substituents is 1. The first-order valence-electron chi connectivity index (χ1n) is 11.6. The minimum Gasteiger partial charge on any atom is -0.502 e. The Balaban J connectivity index is 1.36. The number of benzene rings is 2. The summed E-state index contributed by atoms with van der Waals surface area (Å²) < 4.78 is 34.0. The molecule has 0 radical (unpaired) electrons. The second kappa shape index (κ2) is 11.8. The number of aromatic nitrogens is 2. The number of nitrogens with one attached hydrogen (secondary N) is 3. The van der Waals surface area contributed by atoms with Crippen molar-refractivity contribution in [3.63, 3.8) is 0 Å². The van der Waals surface area contributed by atoms with Crippen LogP contribution in [0.5, 0.6) is 5.75 Å². The number of phenolic OH excluding ortho intramolecular Hbond substituents is 1. The van der Waals surface area contributed by atoms with Gasteiger partial charge in [0.15, 0.2) is 12.0 Å². The maximum Gasteiger partial charge on any atom is 0.330 e. The number of nitro groups is 1. The zero-order valence-electron chi connectivity index (χ0n) is 20.6. The maximum absolute atomic E-state index is 12.7. The van der Waals surface area contributed by atoms with Gasteiger partial charge in [-0.25, -0.2) is 23.4 Å². The Labute approximate surface area is 229 Å². The Kier molecular flexibility index (Phi) is 8.40. The van der Waals surface area contributed by atoms with E-state index >= 15 is 0 Å². The topological polar surface area (TPSA) is 256 Å². The second-order valence-electron chi connectivity index (χ2n) is 8.64. The van der Waals surface area contributed by atoms with Gasteiger partial charge in [-0.2, -0.15) is 5.10 Å². The third-order valence-electron chi connectivity index (χ3n) is 5.94. The molecule has 2 heterocycles. The molecule has 0 unspecified atom stereocenters. The van der Waals surface area contributed by atoms with Crippen LogP contribution >= 0.6 is 0 Å². The number of aromatic amines is 1. The number of rotatable bonds is 9. The van der Waals surface area contributed by atoms with E-state index in [9.17, 15) is 48.2 Å². The molecule has 1 aliphatic heterocycles. The Morgan fingerprint density at radius 1 is 1.15 bits per heavy atom. The van der Waals surface area contributed by atoms with Crippen LogP contribution < -0.4 is 21.4 Å². The molecule has 1 fully saturated rings. The van der Waals surface area contributed by atoms with Gasteiger partial charge in [-0.05, 0) is 36.4 Å². The fourth-order valence-electron chi connectivity index (χ4n) is 3.81. The van der Waals surface area contributed by atoms with Crippen molar-refractivity contribution in [2.45, 2.75) is 29.4 Å². The number of ether oxygens (including phenoxy) is 1. The molecule has 0 saturated carbocycles. The van der Waals surface area contributed by atoms with E-state index in [1.54, 1.807) is 0 Å². The standard InChI is InChI=1S/C23H22N6O11S/c30-16-6-1-12(9-15(16)29(36)37)10-24-27-21(34)13-2-4-14(5-3-13)41(38,39)25-11-17-19(32)20(33)22(40-17)28-8-7-18(31)26-23(28)35/h1-10,17,19-20,22,25,30,32-33H,11H2,(H,27,34)(H,26,31,35)/b24-10+/t17-,19-,20-,22-/m1/s1. The molecule has 216 valence electrons. The summed E-state index contributed by atoms with van der Waals surface area (Å²) in [7, 11) is -4.17. The number of aliphatic hydroxyl groups is 2. The Hall–Kier alpha value is -4.75. The van der Waals surface area contributed by atoms with Gasteiger partial charge in [0.1, 0.15) is 18.3 Å². The molecule has 4 rings (SSSR count). The van der Waals surface area contributed by atoms with Gasteiger partial charge in [0.25, 0.3) is 11.5 Å². The maximum atomic E-state index is 12.7. The van der Waals surface area contributed by atoms with Crippen molar-refractivity contribution in [1.82, 2.24) is 19.7 Å². The molecule has 0 bridgehead atoms. The second-order valence-corrected chi connectivity index (χ2v) is 10.4. The summed E-state index contributed by atoms with van der Waals surface area (Å²) in [5, 5.41) is 44.6. The van der Waals surface area contributed by atoms with Crippen LogP contribution in [0.3, 0.4) is 0 Å². The number of H-pyrrole nitrogens is 1. The van der Waals surface area contributed by atoms with Gasteiger partial charge in [-0.1, -0.05) is 0 Å². The molecule has 6 N–H and O–H groups in total. The molecule has 1 amide bonds. The quantitative estimate of drug-likeness (QED) is 0.0950. The van der Waals surface area contributed by atoms with E-state index in [1.807, 2.05) is 4.98 Å². The minimum absolute atomic E-state index is 0.0321. The average Bonchev–Trinajstić information content (AvgIpc) is 3.21. The lowest BCUT2D eigenvalue weighted by molar-refractivity contribution is -0.385. The van der Waals surface area contributed by atoms with Crippen molar-refractivity contribution >= 4 is 27.8 Å². The van der Waals surface area contributed by atoms with Gasteiger partial charge >= 0.3 is 11.4 Å². The van der Waals surface area contributed by atoms with Gasteiger partial charge in [0.2, 0.25) is 10.0 Å². The zero-order chi connectivity index (χ0) is 29.9. The molecular formula is C23H22N6O11S. The fourth-order valence-corrected chi connectivity index (χ4v) is 4.86. The number of phenols is 1. The summed E-state index contributed by atoms with van der Waals surface area (Å²) in [5.74, 6) is -1.25. The number of sulfonamides is 1. The van der Waals surface area contributed by atoms with Gasteiger partial charge in [0.05, 0.1) is 16.0 Å². The highest BCUT2D eigenvalue weighted by Gasteiger charge is 2.44. The number of hydrazone groups is 1. The highest BCUT2D eigenvalue weighted by molar-refractivity contribution is 7.89. The van der Waals surface area contributed by atoms with Crippen molar-refractivity contribution in [3.05, 3.63) is 96.8 Å². The third-order valence-corrected chi connectivity index (χ3v) is 7.38. The fraction of sp³-hybridized carbons (Fsp3) is 0.217. The zero-order valence-corrected chi connectivity index (χ0v) is 21.5. The number of aliphatic hydroxyl groups excluding tert-OH is 2. The van der Waals surface area contributed by atoms with Crippen LogP contribution in [0, 0.1) is 10.1 Å². The summed E-state index contributed by atoms with van der Waals surface area (Å²) in [6.07, 6.45) is -3.62. The van der Waals surface area contributed by atoms with Crippen LogP contribution in [0.1, 0.15) is 22.1 Å². The van der Waals surface area contributed by atoms with E-state index in [0.29, 0.717) is 0 Å². The monoisotopic (exact) mass is 590 g/mol. The smallest absolute Gasteiger partial charge is 0.330 e. The molecular weight excluding hydrogens is 568 g/mol. The van der Waals surface area contributed by atoms with Gasteiger partial charge in [0, 0.05) is 36.0 Å². The molecule has 3 aromatic rings. The lowest BCUT2D eigenvalue weighted by atomic mass is 10.1. The highest BCUT2D eigenvalue weighted by Crippen LogP contribution is 2.28. The number of hydrogen-bond donors (Lipinski definition) is 6. The van der Waals surface area contributed by atoms with Crippen LogP contribution in [0.15, 0.2) is 74.3 Å². The van der Waals surface area contributed by atoms with Crippen molar-refractivity contribution in [3.8, 4) is 5.75 Å². The third kappa shape index (κ3) is 6.53. The average molecular weight is 591 g/mol. The number of aromatic hydroxyl groups is 1. The van der Waals surface area contributed by atoms with Crippen LogP contribution in [0.4, 0.5) is 5.69 Å². The van der Waals surface area contributed by atoms with Crippen LogP contribution in [-0.2, 0) is 14.8 Å². The summed E-state index contributed by atoms with van der Waals surface area (Å²) in [4.78, 5) is 47.4. The number of nitrogens with zero attached hydrogens (tertiary/aromatic N) is 3. The van der Waals surface area contributed by atoms with E-state index in [-0.39, 0.29) is 16.0 Å². The Bertz CT molecular complexity index is 1720. The minimum atomic E-state index is -4.17. The lowest BCUT2D eigenvalue weighted by Gasteiger charge is -2.16. The molecule has 0 spiro atoms. The van der Waals surface area contributed by atoms with Crippen molar-refractivity contribution in [2.24, 2.45) is 5.10 Å². The summed E-state index contributed by atoms with van der Waals surface area (Å²) >= 11 is 0.